The zero-order chi connectivity index (χ0) is 16.9. The molecule has 0 saturated carbocycles. The van der Waals surface area contributed by atoms with Gasteiger partial charge in [0.1, 0.15) is 0 Å². The maximum absolute atomic E-state index is 12.1. The number of fused-ring (bicyclic) bond motifs is 1. The van der Waals surface area contributed by atoms with Crippen molar-refractivity contribution in [2.75, 3.05) is 39.6 Å². The lowest BCUT2D eigenvalue weighted by Crippen LogP contribution is -2.43. The molecule has 6 nitrogen and oxygen atoms in total. The number of nitrogens with zero attached hydrogens (tertiary/aromatic N) is 1. The zero-order valence-corrected chi connectivity index (χ0v) is 14.4. The van der Waals surface area contributed by atoms with Crippen molar-refractivity contribution >= 4 is 5.91 Å². The molecule has 3 rings (SSSR count). The third-order valence-electron chi connectivity index (χ3n) is 4.35. The van der Waals surface area contributed by atoms with E-state index in [9.17, 15) is 4.79 Å². The number of hydrogen-bond acceptors (Lipinski definition) is 5. The number of amides is 1. The molecule has 24 heavy (non-hydrogen) atoms. The highest BCUT2D eigenvalue weighted by Crippen LogP contribution is 2.35. The third kappa shape index (κ3) is 4.19. The lowest BCUT2D eigenvalue weighted by atomic mass is 10.0. The Hall–Kier alpha value is -1.79. The second-order valence-electron chi connectivity index (χ2n) is 6.68. The number of carbonyl (C=O) groups is 1. The molecule has 2 aliphatic rings. The van der Waals surface area contributed by atoms with Crippen LogP contribution in [0, 0.1) is 5.92 Å². The summed E-state index contributed by atoms with van der Waals surface area (Å²) in [5.74, 6) is 2.02. The Morgan fingerprint density at radius 1 is 1.21 bits per heavy atom. The van der Waals surface area contributed by atoms with E-state index in [4.69, 9.17) is 14.2 Å². The molecule has 1 N–H and O–H groups in total. The van der Waals surface area contributed by atoms with Crippen molar-refractivity contribution in [3.63, 3.8) is 0 Å². The summed E-state index contributed by atoms with van der Waals surface area (Å²) in [6, 6.07) is 6.14. The third-order valence-corrected chi connectivity index (χ3v) is 4.35. The van der Waals surface area contributed by atoms with Gasteiger partial charge in [-0.3, -0.25) is 9.69 Å². The highest BCUT2D eigenvalue weighted by molar-refractivity contribution is 5.76. The Morgan fingerprint density at radius 3 is 2.71 bits per heavy atom. The van der Waals surface area contributed by atoms with Gasteiger partial charge in [-0.15, -0.1) is 0 Å². The zero-order valence-electron chi connectivity index (χ0n) is 14.4. The molecular formula is C18H26N2O4. The molecule has 0 aromatic heterocycles. The molecule has 1 aromatic carbocycles. The second-order valence-corrected chi connectivity index (χ2v) is 6.68. The van der Waals surface area contributed by atoms with Gasteiger partial charge in [-0.1, -0.05) is 19.9 Å². The minimum absolute atomic E-state index is 0.101. The van der Waals surface area contributed by atoms with Gasteiger partial charge < -0.3 is 19.5 Å². The molecule has 6 heteroatoms. The molecule has 0 bridgehead atoms. The van der Waals surface area contributed by atoms with Crippen molar-refractivity contribution in [1.29, 1.82) is 0 Å². The van der Waals surface area contributed by atoms with E-state index in [1.54, 1.807) is 0 Å². The van der Waals surface area contributed by atoms with Crippen LogP contribution in [0.3, 0.4) is 0 Å². The van der Waals surface area contributed by atoms with Crippen LogP contribution in [0.25, 0.3) is 0 Å². The number of benzene rings is 1. The van der Waals surface area contributed by atoms with Crippen LogP contribution in [0.15, 0.2) is 18.2 Å². The van der Waals surface area contributed by atoms with Crippen molar-refractivity contribution in [2.24, 2.45) is 5.92 Å². The largest absolute Gasteiger partial charge is 0.454 e. The predicted octanol–water partition coefficient (Wildman–Crippen LogP) is 1.95. The molecule has 132 valence electrons. The highest BCUT2D eigenvalue weighted by Gasteiger charge is 2.25. The summed E-state index contributed by atoms with van der Waals surface area (Å²) in [5.41, 5.74) is 1.13. The summed E-state index contributed by atoms with van der Waals surface area (Å²) in [6.07, 6.45) is 0.553. The molecule has 1 aromatic rings. The van der Waals surface area contributed by atoms with Gasteiger partial charge in [0, 0.05) is 26.1 Å². The van der Waals surface area contributed by atoms with Gasteiger partial charge in [0.2, 0.25) is 12.7 Å². The van der Waals surface area contributed by atoms with Crippen molar-refractivity contribution < 1.29 is 19.0 Å². The number of carbonyl (C=O) groups excluding carboxylic acids is 1. The topological polar surface area (TPSA) is 60.0 Å². The van der Waals surface area contributed by atoms with E-state index in [0.29, 0.717) is 18.9 Å². The Balaban J connectivity index is 1.73. The number of ether oxygens (including phenoxy) is 3. The molecule has 0 aliphatic carbocycles. The van der Waals surface area contributed by atoms with Crippen LogP contribution < -0.4 is 14.8 Å². The van der Waals surface area contributed by atoms with Crippen LogP contribution in [0.4, 0.5) is 0 Å². The Bertz CT molecular complexity index is 570. The Kier molecular flexibility index (Phi) is 5.58. The molecule has 1 amide bonds. The van der Waals surface area contributed by atoms with Crippen LogP contribution in [0.2, 0.25) is 0 Å². The summed E-state index contributed by atoms with van der Waals surface area (Å²) in [6.45, 7) is 8.13. The number of nitrogens with one attached hydrogen (secondary N) is 1. The molecule has 1 atom stereocenters. The molecule has 1 unspecified atom stereocenters. The van der Waals surface area contributed by atoms with E-state index < -0.39 is 0 Å². The van der Waals surface area contributed by atoms with E-state index >= 15 is 0 Å². The molecule has 1 saturated heterocycles. The lowest BCUT2D eigenvalue weighted by molar-refractivity contribution is -0.122. The fourth-order valence-electron chi connectivity index (χ4n) is 3.12. The SMILES string of the molecule is CC(C)CC(=O)NCC(c1ccc2c(c1)OCO2)N1CCOCC1. The maximum atomic E-state index is 12.1. The second kappa shape index (κ2) is 7.85. The van der Waals surface area contributed by atoms with Gasteiger partial charge in [-0.2, -0.15) is 0 Å². The first-order chi connectivity index (χ1) is 11.6. The Morgan fingerprint density at radius 2 is 1.96 bits per heavy atom. The summed E-state index contributed by atoms with van der Waals surface area (Å²) in [7, 11) is 0. The van der Waals surface area contributed by atoms with Crippen LogP contribution in [-0.4, -0.2) is 50.4 Å². The molecule has 2 heterocycles. The van der Waals surface area contributed by atoms with Gasteiger partial charge >= 0.3 is 0 Å². The first-order valence-corrected chi connectivity index (χ1v) is 8.61. The first kappa shape index (κ1) is 17.0. The fourth-order valence-corrected chi connectivity index (χ4v) is 3.12. The summed E-state index contributed by atoms with van der Waals surface area (Å²) in [5, 5.41) is 3.08. The minimum atomic E-state index is 0.101. The molecule has 0 radical (unpaired) electrons. The smallest absolute Gasteiger partial charge is 0.231 e. The van der Waals surface area contributed by atoms with Crippen molar-refractivity contribution in [2.45, 2.75) is 26.3 Å². The molecule has 1 fully saturated rings. The quantitative estimate of drug-likeness (QED) is 0.862. The molecule has 2 aliphatic heterocycles. The molecular weight excluding hydrogens is 308 g/mol. The standard InChI is InChI=1S/C18H26N2O4/c1-13(2)9-18(21)19-11-15(20-5-7-22-8-6-20)14-3-4-16-17(10-14)24-12-23-16/h3-4,10,13,15H,5-9,11-12H2,1-2H3,(H,19,21). The van der Waals surface area contributed by atoms with E-state index in [-0.39, 0.29) is 18.7 Å². The number of morpholine rings is 1. The van der Waals surface area contributed by atoms with E-state index in [2.05, 4.69) is 30.1 Å². The van der Waals surface area contributed by atoms with E-state index in [0.717, 1.165) is 43.4 Å². The minimum Gasteiger partial charge on any atom is -0.454 e. The van der Waals surface area contributed by atoms with E-state index in [1.165, 1.54) is 0 Å². The maximum Gasteiger partial charge on any atom is 0.231 e. The van der Waals surface area contributed by atoms with Crippen LogP contribution in [0.5, 0.6) is 11.5 Å². The average molecular weight is 334 g/mol. The lowest BCUT2D eigenvalue weighted by Gasteiger charge is -2.35. The van der Waals surface area contributed by atoms with Gasteiger partial charge in [-0.05, 0) is 23.6 Å². The van der Waals surface area contributed by atoms with Crippen molar-refractivity contribution in [1.82, 2.24) is 10.2 Å². The fraction of sp³-hybridized carbons (Fsp3) is 0.611. The van der Waals surface area contributed by atoms with Gasteiger partial charge in [0.05, 0.1) is 19.3 Å². The van der Waals surface area contributed by atoms with Crippen LogP contribution >= 0.6 is 0 Å². The average Bonchev–Trinajstić information content (AvgIpc) is 3.03. The highest BCUT2D eigenvalue weighted by atomic mass is 16.7. The normalized spacial score (nSPS) is 18.6. The summed E-state index contributed by atoms with van der Waals surface area (Å²) in [4.78, 5) is 14.4. The van der Waals surface area contributed by atoms with Crippen LogP contribution in [0.1, 0.15) is 31.9 Å². The van der Waals surface area contributed by atoms with Gasteiger partial charge in [0.25, 0.3) is 0 Å². The predicted molar refractivity (Wildman–Crippen MR) is 90.2 cm³/mol. The number of hydrogen-bond donors (Lipinski definition) is 1. The van der Waals surface area contributed by atoms with E-state index in [1.807, 2.05) is 12.1 Å². The van der Waals surface area contributed by atoms with Gasteiger partial charge in [0.15, 0.2) is 11.5 Å². The van der Waals surface area contributed by atoms with Gasteiger partial charge in [-0.25, -0.2) is 0 Å². The van der Waals surface area contributed by atoms with Crippen molar-refractivity contribution in [3.05, 3.63) is 23.8 Å². The summed E-state index contributed by atoms with van der Waals surface area (Å²) >= 11 is 0. The summed E-state index contributed by atoms with van der Waals surface area (Å²) < 4.78 is 16.4. The first-order valence-electron chi connectivity index (χ1n) is 8.61. The Labute approximate surface area is 143 Å². The molecule has 0 spiro atoms. The van der Waals surface area contributed by atoms with Crippen LogP contribution in [-0.2, 0) is 9.53 Å². The monoisotopic (exact) mass is 334 g/mol. The van der Waals surface area contributed by atoms with Crippen molar-refractivity contribution in [3.8, 4) is 11.5 Å². The number of rotatable bonds is 6.